The molecule has 1 atom stereocenters. The number of carbonyl (C=O) groups excluding carboxylic acids is 2. The van der Waals surface area contributed by atoms with E-state index < -0.39 is 0 Å². The molecule has 0 aliphatic rings. The molecule has 2 N–H and O–H groups in total. The third-order valence-electron chi connectivity index (χ3n) is 4.02. The Hall–Kier alpha value is -2.56. The molecule has 1 aromatic carbocycles. The molecule has 25 heavy (non-hydrogen) atoms. The summed E-state index contributed by atoms with van der Waals surface area (Å²) in [5.41, 5.74) is 2.32. The van der Waals surface area contributed by atoms with Crippen molar-refractivity contribution >= 4 is 11.8 Å². The topological polar surface area (TPSA) is 71.3 Å². The Morgan fingerprint density at radius 2 is 1.84 bits per heavy atom. The minimum Gasteiger partial charge on any atom is -0.469 e. The molecule has 0 aliphatic carbocycles. The lowest BCUT2D eigenvalue weighted by Gasteiger charge is -2.13. The molecule has 0 fully saturated rings. The van der Waals surface area contributed by atoms with Gasteiger partial charge in [0.25, 0.3) is 0 Å². The molecule has 0 radical (unpaired) electrons. The lowest BCUT2D eigenvalue weighted by atomic mass is 10.1. The predicted molar refractivity (Wildman–Crippen MR) is 97.1 cm³/mol. The SMILES string of the molecule is Cc1ccc(CCC(=O)NCC(=O)NC(C)CCc2ccco2)cc1. The second kappa shape index (κ2) is 9.67. The number of aryl methyl sites for hydroxylation is 3. The highest BCUT2D eigenvalue weighted by atomic mass is 16.3. The Balaban J connectivity index is 1.60. The molecule has 1 unspecified atom stereocenters. The van der Waals surface area contributed by atoms with Crippen molar-refractivity contribution in [2.24, 2.45) is 0 Å². The van der Waals surface area contributed by atoms with Gasteiger partial charge in [0.05, 0.1) is 12.8 Å². The Bertz CT molecular complexity index is 663. The maximum absolute atomic E-state index is 11.9. The summed E-state index contributed by atoms with van der Waals surface area (Å²) in [6.07, 6.45) is 4.26. The van der Waals surface area contributed by atoms with E-state index in [0.29, 0.717) is 12.8 Å². The summed E-state index contributed by atoms with van der Waals surface area (Å²) in [4.78, 5) is 23.7. The fourth-order valence-electron chi connectivity index (χ4n) is 2.49. The van der Waals surface area contributed by atoms with E-state index in [1.54, 1.807) is 6.26 Å². The summed E-state index contributed by atoms with van der Waals surface area (Å²) in [6.45, 7) is 3.99. The van der Waals surface area contributed by atoms with Crippen LogP contribution in [0.3, 0.4) is 0 Å². The molecule has 0 saturated heterocycles. The number of carbonyl (C=O) groups is 2. The molecule has 1 heterocycles. The summed E-state index contributed by atoms with van der Waals surface area (Å²) in [5, 5.41) is 5.55. The van der Waals surface area contributed by atoms with Gasteiger partial charge < -0.3 is 15.1 Å². The van der Waals surface area contributed by atoms with E-state index in [-0.39, 0.29) is 24.4 Å². The first-order valence-electron chi connectivity index (χ1n) is 8.67. The van der Waals surface area contributed by atoms with Crippen molar-refractivity contribution < 1.29 is 14.0 Å². The number of benzene rings is 1. The second-order valence-corrected chi connectivity index (χ2v) is 6.35. The van der Waals surface area contributed by atoms with Crippen LogP contribution in [0.2, 0.25) is 0 Å². The van der Waals surface area contributed by atoms with Crippen LogP contribution in [0.4, 0.5) is 0 Å². The molecule has 0 saturated carbocycles. The van der Waals surface area contributed by atoms with Crippen molar-refractivity contribution in [3.05, 3.63) is 59.5 Å². The zero-order chi connectivity index (χ0) is 18.1. The van der Waals surface area contributed by atoms with Crippen LogP contribution in [0.15, 0.2) is 47.1 Å². The van der Waals surface area contributed by atoms with Crippen molar-refractivity contribution in [3.63, 3.8) is 0 Å². The first-order chi connectivity index (χ1) is 12.0. The summed E-state index contributed by atoms with van der Waals surface area (Å²) in [5.74, 6) is 0.625. The van der Waals surface area contributed by atoms with Gasteiger partial charge in [0, 0.05) is 18.9 Å². The molecule has 0 aliphatic heterocycles. The molecule has 2 rings (SSSR count). The quantitative estimate of drug-likeness (QED) is 0.736. The second-order valence-electron chi connectivity index (χ2n) is 6.35. The lowest BCUT2D eigenvalue weighted by molar-refractivity contribution is -0.126. The molecule has 2 aromatic rings. The average molecular weight is 342 g/mol. The molecule has 5 nitrogen and oxygen atoms in total. The van der Waals surface area contributed by atoms with E-state index >= 15 is 0 Å². The van der Waals surface area contributed by atoms with Crippen molar-refractivity contribution in [3.8, 4) is 0 Å². The molecule has 0 bridgehead atoms. The third kappa shape index (κ3) is 7.25. The minimum absolute atomic E-state index is 0.0117. The van der Waals surface area contributed by atoms with Crippen LogP contribution in [0.5, 0.6) is 0 Å². The van der Waals surface area contributed by atoms with E-state index in [2.05, 4.69) is 10.6 Å². The maximum Gasteiger partial charge on any atom is 0.239 e. The predicted octanol–water partition coefficient (Wildman–Crippen LogP) is 2.77. The summed E-state index contributed by atoms with van der Waals surface area (Å²) < 4.78 is 5.27. The molecule has 5 heteroatoms. The van der Waals surface area contributed by atoms with Gasteiger partial charge in [0.15, 0.2) is 0 Å². The Kier molecular flexibility index (Phi) is 7.26. The number of hydrogen-bond donors (Lipinski definition) is 2. The van der Waals surface area contributed by atoms with Gasteiger partial charge in [-0.1, -0.05) is 29.8 Å². The van der Waals surface area contributed by atoms with E-state index in [1.807, 2.05) is 50.2 Å². The Labute approximate surface area is 148 Å². The standard InChI is InChI=1S/C20H26N2O3/c1-15-5-8-17(9-6-15)10-12-19(23)21-14-20(24)22-16(2)7-11-18-4-3-13-25-18/h3-6,8-9,13,16H,7,10-12,14H2,1-2H3,(H,21,23)(H,22,24). The molecule has 134 valence electrons. The molecule has 0 spiro atoms. The zero-order valence-corrected chi connectivity index (χ0v) is 14.9. The highest BCUT2D eigenvalue weighted by Crippen LogP contribution is 2.06. The third-order valence-corrected chi connectivity index (χ3v) is 4.02. The van der Waals surface area contributed by atoms with Crippen molar-refractivity contribution in [2.75, 3.05) is 6.54 Å². The van der Waals surface area contributed by atoms with Crippen LogP contribution in [-0.2, 0) is 22.4 Å². The number of furan rings is 1. The van der Waals surface area contributed by atoms with Crippen LogP contribution in [0, 0.1) is 6.92 Å². The van der Waals surface area contributed by atoms with Gasteiger partial charge in [-0.25, -0.2) is 0 Å². The highest BCUT2D eigenvalue weighted by Gasteiger charge is 2.10. The van der Waals surface area contributed by atoms with E-state index in [0.717, 1.165) is 24.2 Å². The number of nitrogens with one attached hydrogen (secondary N) is 2. The van der Waals surface area contributed by atoms with Crippen molar-refractivity contribution in [1.82, 2.24) is 10.6 Å². The number of amides is 2. The number of hydrogen-bond acceptors (Lipinski definition) is 3. The minimum atomic E-state index is -0.171. The summed E-state index contributed by atoms with van der Waals surface area (Å²) in [7, 11) is 0. The van der Waals surface area contributed by atoms with Crippen molar-refractivity contribution in [1.29, 1.82) is 0 Å². The van der Waals surface area contributed by atoms with Gasteiger partial charge in [0.1, 0.15) is 5.76 Å². The molecule has 1 aromatic heterocycles. The summed E-state index contributed by atoms with van der Waals surface area (Å²) >= 11 is 0. The normalized spacial score (nSPS) is 11.8. The summed E-state index contributed by atoms with van der Waals surface area (Å²) in [6, 6.07) is 11.9. The van der Waals surface area contributed by atoms with Gasteiger partial charge in [0.2, 0.25) is 11.8 Å². The monoisotopic (exact) mass is 342 g/mol. The first-order valence-corrected chi connectivity index (χ1v) is 8.67. The van der Waals surface area contributed by atoms with Crippen molar-refractivity contribution in [2.45, 2.75) is 45.6 Å². The lowest BCUT2D eigenvalue weighted by Crippen LogP contribution is -2.41. The zero-order valence-electron chi connectivity index (χ0n) is 14.9. The fraction of sp³-hybridized carbons (Fsp3) is 0.400. The molecule has 2 amide bonds. The van der Waals surface area contributed by atoms with Crippen LogP contribution >= 0.6 is 0 Å². The van der Waals surface area contributed by atoms with Gasteiger partial charge in [-0.15, -0.1) is 0 Å². The smallest absolute Gasteiger partial charge is 0.239 e. The highest BCUT2D eigenvalue weighted by molar-refractivity contribution is 5.84. The van der Waals surface area contributed by atoms with Crippen LogP contribution in [0.25, 0.3) is 0 Å². The largest absolute Gasteiger partial charge is 0.469 e. The molecular weight excluding hydrogens is 316 g/mol. The maximum atomic E-state index is 11.9. The first kappa shape index (κ1) is 18.8. The van der Waals surface area contributed by atoms with Gasteiger partial charge in [-0.2, -0.15) is 0 Å². The van der Waals surface area contributed by atoms with E-state index in [4.69, 9.17) is 4.42 Å². The van der Waals surface area contributed by atoms with Crippen LogP contribution in [-0.4, -0.2) is 24.4 Å². The Morgan fingerprint density at radius 3 is 2.52 bits per heavy atom. The van der Waals surface area contributed by atoms with E-state index in [1.165, 1.54) is 5.56 Å². The van der Waals surface area contributed by atoms with E-state index in [9.17, 15) is 9.59 Å². The van der Waals surface area contributed by atoms with Gasteiger partial charge in [-0.05, 0) is 44.4 Å². The van der Waals surface area contributed by atoms with Crippen LogP contribution in [0.1, 0.15) is 36.7 Å². The average Bonchev–Trinajstić information content (AvgIpc) is 3.11. The fourth-order valence-corrected chi connectivity index (χ4v) is 2.49. The molecular formula is C20H26N2O3. The van der Waals surface area contributed by atoms with Gasteiger partial charge >= 0.3 is 0 Å². The Morgan fingerprint density at radius 1 is 1.08 bits per heavy atom. The number of rotatable bonds is 9. The van der Waals surface area contributed by atoms with Gasteiger partial charge in [-0.3, -0.25) is 9.59 Å². The van der Waals surface area contributed by atoms with Crippen LogP contribution < -0.4 is 10.6 Å².